The number of hydrogen-bond donors (Lipinski definition) is 2. The number of carbonyl (C=O) groups is 2. The largest absolute Gasteiger partial charge is 0.324 e. The zero-order valence-electron chi connectivity index (χ0n) is 13.8. The lowest BCUT2D eigenvalue weighted by atomic mass is 10.2. The van der Waals surface area contributed by atoms with Crippen LogP contribution in [0.1, 0.15) is 12.0 Å². The van der Waals surface area contributed by atoms with Gasteiger partial charge in [-0.1, -0.05) is 23.9 Å². The number of amides is 2. The van der Waals surface area contributed by atoms with Crippen LogP contribution in [0.5, 0.6) is 0 Å². The lowest BCUT2D eigenvalue weighted by molar-refractivity contribution is -0.122. The van der Waals surface area contributed by atoms with Crippen LogP contribution in [0.4, 0.5) is 18.9 Å². The Morgan fingerprint density at radius 1 is 1.11 bits per heavy atom. The maximum Gasteiger partial charge on any atom is 0.240 e. The lowest BCUT2D eigenvalue weighted by Gasteiger charge is -2.08. The van der Waals surface area contributed by atoms with Crippen LogP contribution < -0.4 is 10.6 Å². The first-order valence-corrected chi connectivity index (χ1v) is 8.80. The lowest BCUT2D eigenvalue weighted by Crippen LogP contribution is -2.28. The predicted octanol–water partition coefficient (Wildman–Crippen LogP) is 3.22. The second-order valence-electron chi connectivity index (χ2n) is 5.72. The first-order valence-electron chi connectivity index (χ1n) is 7.92. The Bertz CT molecular complexity index is 903. The number of carbonyl (C=O) groups excluding carboxylic acids is 2. The van der Waals surface area contributed by atoms with Crippen molar-refractivity contribution in [2.45, 2.75) is 18.2 Å². The van der Waals surface area contributed by atoms with E-state index in [-0.39, 0.29) is 30.4 Å². The molecule has 1 atom stereocenters. The molecular weight excluding hydrogens is 379 g/mol. The zero-order valence-corrected chi connectivity index (χ0v) is 14.7. The van der Waals surface area contributed by atoms with Crippen molar-refractivity contribution in [2.75, 3.05) is 5.32 Å². The molecule has 1 heterocycles. The molecule has 1 aliphatic rings. The molecule has 1 saturated heterocycles. The van der Waals surface area contributed by atoms with Crippen molar-refractivity contribution in [1.29, 1.82) is 0 Å². The molecule has 9 heteroatoms. The Morgan fingerprint density at radius 2 is 1.81 bits per heavy atom. The van der Waals surface area contributed by atoms with E-state index in [0.717, 1.165) is 29.5 Å². The SMILES string of the molecule is O=C(C[C@@H]1SC(=NCc2ccc(F)cc2)NC1=O)Nc1ccc(F)cc1F. The van der Waals surface area contributed by atoms with Gasteiger partial charge in [-0.2, -0.15) is 0 Å². The van der Waals surface area contributed by atoms with Crippen molar-refractivity contribution in [3.8, 4) is 0 Å². The molecule has 2 aromatic carbocycles. The van der Waals surface area contributed by atoms with Gasteiger partial charge < -0.3 is 10.6 Å². The highest BCUT2D eigenvalue weighted by Gasteiger charge is 2.32. The van der Waals surface area contributed by atoms with Gasteiger partial charge in [-0.3, -0.25) is 14.6 Å². The highest BCUT2D eigenvalue weighted by Crippen LogP contribution is 2.24. The second-order valence-corrected chi connectivity index (χ2v) is 6.91. The monoisotopic (exact) mass is 393 g/mol. The molecule has 0 saturated carbocycles. The Morgan fingerprint density at radius 3 is 2.52 bits per heavy atom. The van der Waals surface area contributed by atoms with E-state index in [1.807, 2.05) is 0 Å². The molecule has 1 fully saturated rings. The molecule has 2 aromatic rings. The van der Waals surface area contributed by atoms with Gasteiger partial charge in [0, 0.05) is 12.5 Å². The molecule has 27 heavy (non-hydrogen) atoms. The van der Waals surface area contributed by atoms with E-state index in [4.69, 9.17) is 0 Å². The van der Waals surface area contributed by atoms with Gasteiger partial charge in [0.2, 0.25) is 11.8 Å². The summed E-state index contributed by atoms with van der Waals surface area (Å²) in [6.07, 6.45) is -0.192. The standard InChI is InChI=1S/C18H14F3N3O2S/c19-11-3-1-10(2-4-11)9-22-18-24-17(26)15(27-18)8-16(25)23-14-6-5-12(20)7-13(14)21/h1-7,15H,8-9H2,(H,23,25)(H,22,24,26)/t15-/m0/s1. The second kappa shape index (κ2) is 8.26. The minimum Gasteiger partial charge on any atom is -0.324 e. The van der Waals surface area contributed by atoms with Crippen molar-refractivity contribution >= 4 is 34.4 Å². The number of hydrogen-bond acceptors (Lipinski definition) is 4. The van der Waals surface area contributed by atoms with Gasteiger partial charge in [0.25, 0.3) is 0 Å². The summed E-state index contributed by atoms with van der Waals surface area (Å²) in [6, 6.07) is 8.60. The van der Waals surface area contributed by atoms with Crippen molar-refractivity contribution < 1.29 is 22.8 Å². The third-order valence-electron chi connectivity index (χ3n) is 3.67. The first-order chi connectivity index (χ1) is 12.9. The fourth-order valence-corrected chi connectivity index (χ4v) is 3.30. The smallest absolute Gasteiger partial charge is 0.240 e. The van der Waals surface area contributed by atoms with Crippen LogP contribution in [-0.2, 0) is 16.1 Å². The Kier molecular flexibility index (Phi) is 5.80. The summed E-state index contributed by atoms with van der Waals surface area (Å²) >= 11 is 1.09. The summed E-state index contributed by atoms with van der Waals surface area (Å²) in [6.45, 7) is 0.253. The maximum atomic E-state index is 13.6. The number of rotatable bonds is 5. The molecule has 2 N–H and O–H groups in total. The Balaban J connectivity index is 1.56. The van der Waals surface area contributed by atoms with Crippen LogP contribution >= 0.6 is 11.8 Å². The normalized spacial score (nSPS) is 17.8. The molecule has 1 aliphatic heterocycles. The average molecular weight is 393 g/mol. The summed E-state index contributed by atoms with van der Waals surface area (Å²) in [7, 11) is 0. The fourth-order valence-electron chi connectivity index (χ4n) is 2.33. The van der Waals surface area contributed by atoms with Crippen LogP contribution in [0.25, 0.3) is 0 Å². The molecule has 0 bridgehead atoms. The summed E-state index contributed by atoms with van der Waals surface area (Å²) in [5.74, 6) is -2.95. The van der Waals surface area contributed by atoms with E-state index >= 15 is 0 Å². The number of amidine groups is 1. The van der Waals surface area contributed by atoms with E-state index in [9.17, 15) is 22.8 Å². The molecule has 5 nitrogen and oxygen atoms in total. The molecular formula is C18H14F3N3O2S. The molecule has 0 aliphatic carbocycles. The van der Waals surface area contributed by atoms with Crippen molar-refractivity contribution in [3.05, 3.63) is 65.5 Å². The van der Waals surface area contributed by atoms with Crippen LogP contribution in [0.3, 0.4) is 0 Å². The first kappa shape index (κ1) is 19.0. The molecule has 0 aromatic heterocycles. The average Bonchev–Trinajstić information content (AvgIpc) is 2.96. The van der Waals surface area contributed by atoms with E-state index < -0.39 is 22.8 Å². The van der Waals surface area contributed by atoms with Gasteiger partial charge in [-0.15, -0.1) is 0 Å². The van der Waals surface area contributed by atoms with Crippen LogP contribution in [-0.4, -0.2) is 22.2 Å². The van der Waals surface area contributed by atoms with Crippen molar-refractivity contribution in [3.63, 3.8) is 0 Å². The van der Waals surface area contributed by atoms with Crippen molar-refractivity contribution in [2.24, 2.45) is 4.99 Å². The van der Waals surface area contributed by atoms with Crippen LogP contribution in [0.15, 0.2) is 47.5 Å². The molecule has 140 valence electrons. The highest BCUT2D eigenvalue weighted by molar-refractivity contribution is 8.15. The predicted molar refractivity (Wildman–Crippen MR) is 96.7 cm³/mol. The van der Waals surface area contributed by atoms with Crippen molar-refractivity contribution in [1.82, 2.24) is 5.32 Å². The molecule has 3 rings (SSSR count). The van der Waals surface area contributed by atoms with E-state index in [1.165, 1.54) is 12.1 Å². The summed E-state index contributed by atoms with van der Waals surface area (Å²) in [5.41, 5.74) is 0.613. The van der Waals surface area contributed by atoms with Gasteiger partial charge in [0.1, 0.15) is 22.7 Å². The van der Waals surface area contributed by atoms with Gasteiger partial charge >= 0.3 is 0 Å². The Labute approximate surface area is 157 Å². The van der Waals surface area contributed by atoms with Gasteiger partial charge in [0.15, 0.2) is 5.17 Å². The summed E-state index contributed by atoms with van der Waals surface area (Å²) < 4.78 is 39.3. The number of nitrogens with zero attached hydrogens (tertiary/aromatic N) is 1. The molecule has 0 radical (unpaired) electrons. The number of halogens is 3. The molecule has 0 spiro atoms. The van der Waals surface area contributed by atoms with E-state index in [1.54, 1.807) is 12.1 Å². The third kappa shape index (κ3) is 5.10. The van der Waals surface area contributed by atoms with Gasteiger partial charge in [-0.05, 0) is 29.8 Å². The summed E-state index contributed by atoms with van der Waals surface area (Å²) in [5, 5.41) is 4.53. The number of anilines is 1. The maximum absolute atomic E-state index is 13.6. The highest BCUT2D eigenvalue weighted by atomic mass is 32.2. The number of aliphatic imine (C=N–C) groups is 1. The topological polar surface area (TPSA) is 70.6 Å². The van der Waals surface area contributed by atoms with Crippen LogP contribution in [0, 0.1) is 17.5 Å². The van der Waals surface area contributed by atoms with Crippen LogP contribution in [0.2, 0.25) is 0 Å². The third-order valence-corrected chi connectivity index (χ3v) is 4.79. The minimum atomic E-state index is -0.895. The van der Waals surface area contributed by atoms with Gasteiger partial charge in [0.05, 0.1) is 12.2 Å². The van der Waals surface area contributed by atoms with Gasteiger partial charge in [-0.25, -0.2) is 13.2 Å². The molecule has 2 amide bonds. The Hall–Kier alpha value is -2.81. The zero-order chi connectivity index (χ0) is 19.4. The summed E-state index contributed by atoms with van der Waals surface area (Å²) in [4.78, 5) is 28.2. The van der Waals surface area contributed by atoms with E-state index in [0.29, 0.717) is 11.2 Å². The fraction of sp³-hybridized carbons (Fsp3) is 0.167. The quantitative estimate of drug-likeness (QED) is 0.820. The number of nitrogens with one attached hydrogen (secondary N) is 2. The number of benzene rings is 2. The minimum absolute atomic E-state index is 0.157. The number of thioether (sulfide) groups is 1. The van der Waals surface area contributed by atoms with E-state index in [2.05, 4.69) is 15.6 Å². The molecule has 0 unspecified atom stereocenters.